The third-order valence-corrected chi connectivity index (χ3v) is 5.81. The van der Waals surface area contributed by atoms with E-state index in [-0.39, 0.29) is 25.0 Å². The first kappa shape index (κ1) is 26.7. The predicted molar refractivity (Wildman–Crippen MR) is 133 cm³/mol. The number of benzene rings is 2. The van der Waals surface area contributed by atoms with Gasteiger partial charge in [-0.15, -0.1) is 0 Å². The summed E-state index contributed by atoms with van der Waals surface area (Å²) < 4.78 is 18.6. The lowest BCUT2D eigenvalue weighted by Crippen LogP contribution is -2.38. The summed E-state index contributed by atoms with van der Waals surface area (Å²) in [6.07, 6.45) is 1.61. The van der Waals surface area contributed by atoms with Crippen molar-refractivity contribution in [3.8, 4) is 22.9 Å². The fourth-order valence-electron chi connectivity index (χ4n) is 4.10. The molecule has 4 rings (SSSR count). The lowest BCUT2D eigenvalue weighted by molar-refractivity contribution is -0.137. The molecule has 0 spiro atoms. The fraction of sp³-hybridized carbons (Fsp3) is 0.385. The van der Waals surface area contributed by atoms with Gasteiger partial charge in [-0.2, -0.15) is 5.10 Å². The zero-order valence-electron chi connectivity index (χ0n) is 20.8. The highest BCUT2D eigenvalue weighted by Gasteiger charge is 2.27. The summed E-state index contributed by atoms with van der Waals surface area (Å²) in [6.45, 7) is 3.23. The maximum Gasteiger partial charge on any atom is 0.290 e. The van der Waals surface area contributed by atoms with Gasteiger partial charge in [0.1, 0.15) is 19.0 Å². The van der Waals surface area contributed by atoms with Crippen molar-refractivity contribution in [3.05, 3.63) is 59.9 Å². The number of carbonyl (C=O) groups excluding carboxylic acids is 1. The van der Waals surface area contributed by atoms with E-state index in [1.165, 1.54) is 7.11 Å². The van der Waals surface area contributed by atoms with Crippen molar-refractivity contribution >= 4 is 12.4 Å². The smallest absolute Gasteiger partial charge is 0.290 e. The van der Waals surface area contributed by atoms with Crippen LogP contribution in [0.4, 0.5) is 0 Å². The van der Waals surface area contributed by atoms with Crippen LogP contribution in [-0.2, 0) is 27.3 Å². The quantitative estimate of drug-likeness (QED) is 0.548. The number of carboxylic acid groups (broad SMARTS) is 1. The minimum Gasteiger partial charge on any atom is -0.493 e. The Morgan fingerprint density at radius 1 is 1.19 bits per heavy atom. The second-order valence-corrected chi connectivity index (χ2v) is 8.12. The molecule has 1 amide bonds. The van der Waals surface area contributed by atoms with Crippen LogP contribution in [0.3, 0.4) is 0 Å². The van der Waals surface area contributed by atoms with Crippen LogP contribution >= 0.6 is 0 Å². The summed E-state index contributed by atoms with van der Waals surface area (Å²) in [4.78, 5) is 28.0. The highest BCUT2D eigenvalue weighted by Crippen LogP contribution is 2.30. The molecular formula is C26H32N4O6. The Labute approximate surface area is 210 Å². The molecular weight excluding hydrogens is 464 g/mol. The first-order valence-electron chi connectivity index (χ1n) is 11.7. The summed E-state index contributed by atoms with van der Waals surface area (Å²) in [7, 11) is 3.17. The average Bonchev–Trinajstić information content (AvgIpc) is 3.31. The Hall–Kier alpha value is -3.92. The molecule has 0 saturated carbocycles. The van der Waals surface area contributed by atoms with Crippen molar-refractivity contribution < 1.29 is 28.9 Å². The molecule has 1 atom stereocenters. The molecule has 1 aromatic heterocycles. The van der Waals surface area contributed by atoms with Gasteiger partial charge >= 0.3 is 0 Å². The second-order valence-electron chi connectivity index (χ2n) is 8.12. The molecule has 10 heteroatoms. The molecule has 0 radical (unpaired) electrons. The minimum absolute atomic E-state index is 0.0276. The van der Waals surface area contributed by atoms with E-state index in [0.717, 1.165) is 29.8 Å². The zero-order chi connectivity index (χ0) is 25.9. The highest BCUT2D eigenvalue weighted by molar-refractivity contribution is 5.77. The molecule has 36 heavy (non-hydrogen) atoms. The van der Waals surface area contributed by atoms with E-state index >= 15 is 0 Å². The van der Waals surface area contributed by atoms with Gasteiger partial charge < -0.3 is 24.2 Å². The van der Waals surface area contributed by atoms with Crippen LogP contribution in [-0.4, -0.2) is 71.1 Å². The number of carbonyl (C=O) groups is 2. The van der Waals surface area contributed by atoms with Gasteiger partial charge in [0.2, 0.25) is 5.91 Å². The lowest BCUT2D eigenvalue weighted by atomic mass is 10.1. The molecule has 3 aromatic rings. The molecule has 0 unspecified atom stereocenters. The molecule has 0 aliphatic carbocycles. The van der Waals surface area contributed by atoms with E-state index in [0.29, 0.717) is 37.0 Å². The average molecular weight is 497 g/mol. The summed E-state index contributed by atoms with van der Waals surface area (Å²) >= 11 is 0. The summed E-state index contributed by atoms with van der Waals surface area (Å²) in [5, 5.41) is 11.7. The molecule has 0 saturated heterocycles. The topological polar surface area (TPSA) is 116 Å². The third kappa shape index (κ3) is 6.60. The number of methoxy groups -OCH3 is 2. The van der Waals surface area contributed by atoms with Crippen molar-refractivity contribution in [1.29, 1.82) is 0 Å². The van der Waals surface area contributed by atoms with Crippen molar-refractivity contribution in [2.75, 3.05) is 34.0 Å². The summed E-state index contributed by atoms with van der Waals surface area (Å²) in [5.74, 6) is 2.69. The van der Waals surface area contributed by atoms with E-state index in [1.807, 2.05) is 65.0 Å². The number of aryl methyl sites for hydroxylation is 1. The maximum absolute atomic E-state index is 12.9. The number of hydrogen-bond acceptors (Lipinski definition) is 7. The number of rotatable bonds is 4. The standard InChI is InChI=1S/C25H30N4O4.CH2O2/c1-18-25-26-24(20-9-5-4-6-10-20)27-29(25)14-15-33-22-16-19(11-12-21(22)32-3)8-7-13-28(18)23(30)17-31-2;2-1-3/h4-6,9-12,16,18H,7-8,13-15,17H2,1-3H3;1H,(H,2,3)/t18-;/m1./s1. The number of fused-ring (bicyclic) bond motifs is 3. The van der Waals surface area contributed by atoms with E-state index in [4.69, 9.17) is 34.2 Å². The number of amides is 1. The van der Waals surface area contributed by atoms with Crippen molar-refractivity contribution in [3.63, 3.8) is 0 Å². The van der Waals surface area contributed by atoms with Crippen LogP contribution in [0.1, 0.15) is 30.8 Å². The lowest BCUT2D eigenvalue weighted by Gasteiger charge is -2.28. The first-order valence-corrected chi connectivity index (χ1v) is 11.7. The van der Waals surface area contributed by atoms with Gasteiger partial charge in [-0.05, 0) is 37.5 Å². The number of ether oxygens (including phenoxy) is 3. The van der Waals surface area contributed by atoms with Crippen LogP contribution in [0.2, 0.25) is 0 Å². The largest absolute Gasteiger partial charge is 0.493 e. The van der Waals surface area contributed by atoms with E-state index < -0.39 is 0 Å². The van der Waals surface area contributed by atoms with E-state index in [2.05, 4.69) is 0 Å². The van der Waals surface area contributed by atoms with Crippen LogP contribution in [0.5, 0.6) is 11.5 Å². The zero-order valence-corrected chi connectivity index (χ0v) is 20.8. The van der Waals surface area contributed by atoms with Gasteiger partial charge in [0, 0.05) is 19.2 Å². The Balaban J connectivity index is 0.00000115. The summed E-state index contributed by atoms with van der Waals surface area (Å²) in [6, 6.07) is 15.5. The van der Waals surface area contributed by atoms with E-state index in [1.54, 1.807) is 7.11 Å². The van der Waals surface area contributed by atoms with Crippen LogP contribution in [0, 0.1) is 0 Å². The fourth-order valence-corrected chi connectivity index (χ4v) is 4.10. The SMILES string of the molecule is COCC(=O)N1CCCc2ccc(OC)c(c2)OCCn2nc(-c3ccccc3)nc2[C@H]1C.O=CO. The Bertz CT molecular complexity index is 1130. The molecule has 1 N–H and O–H groups in total. The maximum atomic E-state index is 12.9. The molecule has 10 nitrogen and oxygen atoms in total. The number of nitrogens with zero attached hydrogens (tertiary/aromatic N) is 4. The molecule has 2 aromatic carbocycles. The molecule has 1 aliphatic heterocycles. The van der Waals surface area contributed by atoms with E-state index in [9.17, 15) is 4.79 Å². The third-order valence-electron chi connectivity index (χ3n) is 5.81. The van der Waals surface area contributed by atoms with Crippen molar-refractivity contribution in [1.82, 2.24) is 19.7 Å². The minimum atomic E-state index is -0.268. The van der Waals surface area contributed by atoms with Gasteiger partial charge in [0.15, 0.2) is 17.3 Å². The van der Waals surface area contributed by atoms with Gasteiger partial charge in [0.25, 0.3) is 6.47 Å². The van der Waals surface area contributed by atoms with Gasteiger partial charge in [-0.25, -0.2) is 9.67 Å². The monoisotopic (exact) mass is 496 g/mol. The van der Waals surface area contributed by atoms with Crippen LogP contribution in [0.25, 0.3) is 11.4 Å². The molecule has 2 heterocycles. The van der Waals surface area contributed by atoms with Crippen molar-refractivity contribution in [2.45, 2.75) is 32.4 Å². The Morgan fingerprint density at radius 2 is 1.94 bits per heavy atom. The van der Waals surface area contributed by atoms with Crippen molar-refractivity contribution in [2.24, 2.45) is 0 Å². The predicted octanol–water partition coefficient (Wildman–Crippen LogP) is 3.22. The molecule has 0 fully saturated rings. The van der Waals surface area contributed by atoms with Gasteiger partial charge in [-0.1, -0.05) is 36.4 Å². The highest BCUT2D eigenvalue weighted by atomic mass is 16.5. The number of hydrogen-bond donors (Lipinski definition) is 1. The summed E-state index contributed by atoms with van der Waals surface area (Å²) in [5.41, 5.74) is 2.06. The Morgan fingerprint density at radius 3 is 2.64 bits per heavy atom. The molecule has 2 bridgehead atoms. The first-order chi connectivity index (χ1) is 17.5. The Kier molecular flexibility index (Phi) is 9.82. The molecule has 1 aliphatic rings. The van der Waals surface area contributed by atoms with Gasteiger partial charge in [0.05, 0.1) is 19.7 Å². The van der Waals surface area contributed by atoms with Gasteiger partial charge in [-0.3, -0.25) is 9.59 Å². The van der Waals surface area contributed by atoms with Crippen LogP contribution < -0.4 is 9.47 Å². The second kappa shape index (κ2) is 13.2. The molecule has 192 valence electrons. The number of aromatic nitrogens is 3. The normalized spacial score (nSPS) is 15.5. The van der Waals surface area contributed by atoms with Crippen LogP contribution in [0.15, 0.2) is 48.5 Å².